The third kappa shape index (κ3) is 2.54. The highest BCUT2D eigenvalue weighted by Gasteiger charge is 2.49. The van der Waals surface area contributed by atoms with Crippen LogP contribution in [-0.4, -0.2) is 23.0 Å². The number of hydrogen-bond acceptors (Lipinski definition) is 4. The molecule has 2 rings (SSSR count). The van der Waals surface area contributed by atoms with Crippen LogP contribution in [0.15, 0.2) is 18.2 Å². The summed E-state index contributed by atoms with van der Waals surface area (Å²) >= 11 is 3.57. The number of methoxy groups -OCH3 is 1. The van der Waals surface area contributed by atoms with E-state index in [2.05, 4.69) is 29.8 Å². The molecule has 0 amide bonds. The average molecular weight is 330 g/mol. The van der Waals surface area contributed by atoms with Gasteiger partial charge in [-0.25, -0.2) is 0 Å². The molecule has 0 aromatic heterocycles. The molecule has 0 aliphatic heterocycles. The van der Waals surface area contributed by atoms with Gasteiger partial charge in [-0.3, -0.25) is 10.1 Å². The summed E-state index contributed by atoms with van der Waals surface area (Å²) in [4.78, 5) is 10.9. The minimum atomic E-state index is -0.438. The van der Waals surface area contributed by atoms with Crippen molar-refractivity contribution >= 4 is 21.6 Å². The Morgan fingerprint density at radius 1 is 1.47 bits per heavy atom. The van der Waals surface area contributed by atoms with Gasteiger partial charge in [0, 0.05) is 22.4 Å². The maximum atomic E-state index is 11.0. The topological polar surface area (TPSA) is 61.6 Å². The van der Waals surface area contributed by atoms with Crippen LogP contribution in [-0.2, 0) is 0 Å². The lowest BCUT2D eigenvalue weighted by molar-refractivity contribution is -0.386. The number of hydrogen-bond donors (Lipinski definition) is 0. The van der Waals surface area contributed by atoms with Crippen molar-refractivity contribution in [2.75, 3.05) is 7.11 Å². The van der Waals surface area contributed by atoms with Gasteiger partial charge in [0.15, 0.2) is 0 Å². The summed E-state index contributed by atoms with van der Waals surface area (Å²) in [7, 11) is 1.52. The van der Waals surface area contributed by atoms with Crippen molar-refractivity contribution in [1.29, 1.82) is 0 Å². The fraction of sp³-hybridized carbons (Fsp3) is 0.538. The van der Waals surface area contributed by atoms with Crippen LogP contribution in [0, 0.1) is 15.5 Å². The predicted octanol–water partition coefficient (Wildman–Crippen LogP) is 3.54. The summed E-state index contributed by atoms with van der Waals surface area (Å²) in [6.45, 7) is 4.15. The van der Waals surface area contributed by atoms with Gasteiger partial charge in [0.1, 0.15) is 11.9 Å². The van der Waals surface area contributed by atoms with Gasteiger partial charge >= 0.3 is 5.69 Å². The van der Waals surface area contributed by atoms with Crippen molar-refractivity contribution in [2.45, 2.75) is 31.2 Å². The first-order valence-corrected chi connectivity index (χ1v) is 6.91. The molecule has 104 valence electrons. The van der Waals surface area contributed by atoms with E-state index >= 15 is 0 Å². The number of alkyl halides is 1. The summed E-state index contributed by atoms with van der Waals surface area (Å²) in [5, 5.41) is 11.0. The van der Waals surface area contributed by atoms with E-state index < -0.39 is 4.92 Å². The molecule has 2 atom stereocenters. The zero-order chi connectivity index (χ0) is 14.2. The maximum Gasteiger partial charge on any atom is 0.311 e. The molecule has 0 N–H and O–H groups in total. The van der Waals surface area contributed by atoms with Crippen molar-refractivity contribution in [1.82, 2.24) is 0 Å². The van der Waals surface area contributed by atoms with Crippen molar-refractivity contribution in [3.63, 3.8) is 0 Å². The molecule has 1 aliphatic carbocycles. The molecular formula is C13H16BrNO4. The molecule has 1 fully saturated rings. The lowest BCUT2D eigenvalue weighted by atomic mass is 9.69. The van der Waals surface area contributed by atoms with Crippen molar-refractivity contribution in [3.8, 4) is 11.5 Å². The highest BCUT2D eigenvalue weighted by molar-refractivity contribution is 9.09. The second-order valence-electron chi connectivity index (χ2n) is 5.22. The van der Waals surface area contributed by atoms with Gasteiger partial charge in [-0.1, -0.05) is 29.8 Å². The number of nitro benzene ring substituents is 1. The Kier molecular flexibility index (Phi) is 3.71. The van der Waals surface area contributed by atoms with Crippen LogP contribution >= 0.6 is 15.9 Å². The number of nitrogens with zero attached hydrogens (tertiary/aromatic N) is 1. The Bertz CT molecular complexity index is 503. The fourth-order valence-electron chi connectivity index (χ4n) is 2.06. The van der Waals surface area contributed by atoms with E-state index in [0.717, 1.165) is 6.42 Å². The van der Waals surface area contributed by atoms with Crippen LogP contribution in [0.25, 0.3) is 0 Å². The van der Waals surface area contributed by atoms with E-state index in [1.165, 1.54) is 13.2 Å². The minimum Gasteiger partial charge on any atom is -0.497 e. The van der Waals surface area contributed by atoms with Crippen LogP contribution in [0.2, 0.25) is 0 Å². The first-order chi connectivity index (χ1) is 8.86. The molecule has 0 bridgehead atoms. The largest absolute Gasteiger partial charge is 0.497 e. The van der Waals surface area contributed by atoms with Crippen molar-refractivity contribution in [2.24, 2.45) is 5.41 Å². The van der Waals surface area contributed by atoms with Gasteiger partial charge in [-0.05, 0) is 12.5 Å². The fourth-order valence-corrected chi connectivity index (χ4v) is 2.69. The Morgan fingerprint density at radius 3 is 2.63 bits per heavy atom. The molecule has 1 saturated carbocycles. The maximum absolute atomic E-state index is 11.0. The molecule has 6 heteroatoms. The Balaban J connectivity index is 2.26. The second-order valence-corrected chi connectivity index (χ2v) is 6.33. The number of ether oxygens (including phenoxy) is 2. The molecule has 1 aromatic rings. The zero-order valence-electron chi connectivity index (χ0n) is 11.1. The summed E-state index contributed by atoms with van der Waals surface area (Å²) < 4.78 is 10.9. The molecule has 0 radical (unpaired) electrons. The lowest BCUT2D eigenvalue weighted by Gasteiger charge is -2.48. The first-order valence-electron chi connectivity index (χ1n) is 5.99. The highest BCUT2D eigenvalue weighted by Crippen LogP contribution is 2.48. The monoisotopic (exact) mass is 329 g/mol. The predicted molar refractivity (Wildman–Crippen MR) is 75.2 cm³/mol. The van der Waals surface area contributed by atoms with Crippen LogP contribution in [0.3, 0.4) is 0 Å². The van der Waals surface area contributed by atoms with E-state index in [9.17, 15) is 10.1 Å². The van der Waals surface area contributed by atoms with Gasteiger partial charge < -0.3 is 9.47 Å². The molecular weight excluding hydrogens is 314 g/mol. The van der Waals surface area contributed by atoms with E-state index in [-0.39, 0.29) is 23.0 Å². The van der Waals surface area contributed by atoms with E-state index in [1.807, 2.05) is 0 Å². The number of benzene rings is 1. The molecule has 19 heavy (non-hydrogen) atoms. The van der Waals surface area contributed by atoms with Gasteiger partial charge in [0.2, 0.25) is 5.75 Å². The summed E-state index contributed by atoms with van der Waals surface area (Å²) in [6.07, 6.45) is 0.796. The molecule has 1 aliphatic rings. The summed E-state index contributed by atoms with van der Waals surface area (Å²) in [5.41, 5.74) is -0.0775. The Labute approximate surface area is 120 Å². The zero-order valence-corrected chi connectivity index (χ0v) is 12.6. The molecule has 0 saturated heterocycles. The molecule has 2 unspecified atom stereocenters. The molecule has 0 heterocycles. The van der Waals surface area contributed by atoms with Gasteiger partial charge in [0.25, 0.3) is 0 Å². The van der Waals surface area contributed by atoms with Crippen molar-refractivity contribution in [3.05, 3.63) is 28.3 Å². The van der Waals surface area contributed by atoms with Crippen LogP contribution in [0.1, 0.15) is 20.3 Å². The normalized spacial score (nSPS) is 24.4. The number of nitro groups is 1. The van der Waals surface area contributed by atoms with E-state index in [4.69, 9.17) is 9.47 Å². The van der Waals surface area contributed by atoms with Crippen LogP contribution in [0.5, 0.6) is 11.5 Å². The Morgan fingerprint density at radius 2 is 2.16 bits per heavy atom. The number of rotatable bonds is 4. The number of halogens is 1. The molecule has 0 spiro atoms. The summed E-state index contributed by atoms with van der Waals surface area (Å²) in [5.74, 6) is 0.815. The van der Waals surface area contributed by atoms with Crippen LogP contribution < -0.4 is 9.47 Å². The quantitative estimate of drug-likeness (QED) is 0.481. The molecule has 1 aromatic carbocycles. The summed E-state index contributed by atoms with van der Waals surface area (Å²) in [6, 6.07) is 4.53. The lowest BCUT2D eigenvalue weighted by Crippen LogP contribution is -2.53. The van der Waals surface area contributed by atoms with Crippen molar-refractivity contribution < 1.29 is 14.4 Å². The highest BCUT2D eigenvalue weighted by atomic mass is 79.9. The van der Waals surface area contributed by atoms with E-state index in [1.54, 1.807) is 12.1 Å². The first kappa shape index (κ1) is 14.1. The third-order valence-corrected chi connectivity index (χ3v) is 5.24. The van der Waals surface area contributed by atoms with E-state index in [0.29, 0.717) is 10.6 Å². The van der Waals surface area contributed by atoms with Gasteiger partial charge in [-0.15, -0.1) is 0 Å². The van der Waals surface area contributed by atoms with Gasteiger partial charge in [0.05, 0.1) is 12.0 Å². The van der Waals surface area contributed by atoms with Gasteiger partial charge in [-0.2, -0.15) is 0 Å². The van der Waals surface area contributed by atoms with Crippen LogP contribution in [0.4, 0.5) is 5.69 Å². The Hall–Kier alpha value is -1.30. The SMILES string of the molecule is COc1ccc([N+](=O)[O-])c(OC2CC(Br)C2(C)C)c1. The smallest absolute Gasteiger partial charge is 0.311 e. The second kappa shape index (κ2) is 5.00. The minimum absolute atomic E-state index is 0.0328. The molecule has 5 nitrogen and oxygen atoms in total. The third-order valence-electron chi connectivity index (χ3n) is 3.69. The average Bonchev–Trinajstić information content (AvgIpc) is 2.38. The standard InChI is InChI=1S/C13H16BrNO4/c1-13(2)11(14)7-12(13)19-10-6-8(18-3)4-5-9(10)15(16)17/h4-6,11-12H,7H2,1-3H3.